The Bertz CT molecular complexity index is 723. The van der Waals surface area contributed by atoms with E-state index in [0.717, 1.165) is 49.4 Å². The fraction of sp³-hybridized carbons (Fsp3) is 0.652. The monoisotopic (exact) mass is 383 g/mol. The van der Waals surface area contributed by atoms with E-state index in [1.165, 1.54) is 32.1 Å². The Kier molecular flexibility index (Phi) is 6.00. The van der Waals surface area contributed by atoms with Crippen LogP contribution in [0.25, 0.3) is 0 Å². The van der Waals surface area contributed by atoms with Gasteiger partial charge in [0, 0.05) is 30.3 Å². The first kappa shape index (κ1) is 19.4. The summed E-state index contributed by atoms with van der Waals surface area (Å²) in [5.74, 6) is 1.35. The van der Waals surface area contributed by atoms with Crippen molar-refractivity contribution in [3.63, 3.8) is 0 Å². The van der Waals surface area contributed by atoms with Crippen molar-refractivity contribution in [3.05, 3.63) is 23.8 Å². The van der Waals surface area contributed by atoms with Gasteiger partial charge in [-0.2, -0.15) is 0 Å². The van der Waals surface area contributed by atoms with Gasteiger partial charge in [-0.25, -0.2) is 0 Å². The Morgan fingerprint density at radius 3 is 2.68 bits per heavy atom. The van der Waals surface area contributed by atoms with Crippen LogP contribution in [0.5, 0.6) is 0 Å². The first-order chi connectivity index (χ1) is 13.6. The lowest BCUT2D eigenvalue weighted by atomic mass is 9.86. The highest BCUT2D eigenvalue weighted by atomic mass is 16.2. The van der Waals surface area contributed by atoms with Crippen molar-refractivity contribution in [1.82, 2.24) is 5.32 Å². The number of carbonyl (C=O) groups is 2. The maximum Gasteiger partial charge on any atom is 0.230 e. The smallest absolute Gasteiger partial charge is 0.230 e. The minimum Gasteiger partial charge on any atom is -0.326 e. The summed E-state index contributed by atoms with van der Waals surface area (Å²) in [5, 5.41) is 6.43. The largest absolute Gasteiger partial charge is 0.326 e. The quantitative estimate of drug-likeness (QED) is 0.814. The van der Waals surface area contributed by atoms with Crippen LogP contribution in [0.15, 0.2) is 18.2 Å². The molecule has 5 nitrogen and oxygen atoms in total. The van der Waals surface area contributed by atoms with E-state index in [0.29, 0.717) is 18.3 Å². The summed E-state index contributed by atoms with van der Waals surface area (Å²) in [7, 11) is 0. The van der Waals surface area contributed by atoms with Crippen molar-refractivity contribution >= 4 is 23.2 Å². The molecule has 2 amide bonds. The summed E-state index contributed by atoms with van der Waals surface area (Å²) in [6, 6.07) is 6.00. The Balaban J connectivity index is 1.47. The lowest BCUT2D eigenvalue weighted by Crippen LogP contribution is -2.51. The molecule has 28 heavy (non-hydrogen) atoms. The fourth-order valence-corrected chi connectivity index (χ4v) is 4.94. The van der Waals surface area contributed by atoms with Gasteiger partial charge in [0.25, 0.3) is 0 Å². The SMILES string of the molecule is CC(C(=O)N1CCCc2c(NC(=O)CC3CCCCC3)cccc21)C1CNC1. The Labute approximate surface area is 168 Å². The third-order valence-electron chi connectivity index (χ3n) is 6.90. The number of hydrogen-bond acceptors (Lipinski definition) is 3. The second kappa shape index (κ2) is 8.64. The molecule has 1 atom stereocenters. The normalized spacial score (nSPS) is 21.5. The number of fused-ring (bicyclic) bond motifs is 1. The average Bonchev–Trinajstić information content (AvgIpc) is 2.66. The molecule has 1 aliphatic carbocycles. The number of carbonyl (C=O) groups excluding carboxylic acids is 2. The summed E-state index contributed by atoms with van der Waals surface area (Å²) in [4.78, 5) is 27.7. The standard InChI is InChI=1S/C23H33N3O2/c1-16(18-14-24-15-18)23(28)26-12-6-9-19-20(10-5-11-21(19)26)25-22(27)13-17-7-3-2-4-8-17/h5,10-11,16-18,24H,2-4,6-9,12-15H2,1H3,(H,25,27). The highest BCUT2D eigenvalue weighted by Gasteiger charge is 2.34. The second-order valence-corrected chi connectivity index (χ2v) is 8.86. The Morgan fingerprint density at radius 2 is 1.96 bits per heavy atom. The molecule has 1 unspecified atom stereocenters. The van der Waals surface area contributed by atoms with Crippen molar-refractivity contribution in [2.75, 3.05) is 29.9 Å². The van der Waals surface area contributed by atoms with Crippen LogP contribution < -0.4 is 15.5 Å². The van der Waals surface area contributed by atoms with Gasteiger partial charge in [0.1, 0.15) is 0 Å². The molecule has 0 bridgehead atoms. The first-order valence-electron chi connectivity index (χ1n) is 11.1. The van der Waals surface area contributed by atoms with Crippen LogP contribution in [-0.4, -0.2) is 31.4 Å². The lowest BCUT2D eigenvalue weighted by Gasteiger charge is -2.37. The van der Waals surface area contributed by atoms with Gasteiger partial charge in [-0.15, -0.1) is 0 Å². The zero-order valence-electron chi connectivity index (χ0n) is 17.0. The molecule has 2 aliphatic heterocycles. The third-order valence-corrected chi connectivity index (χ3v) is 6.90. The maximum atomic E-state index is 13.1. The molecule has 1 aromatic carbocycles. The Morgan fingerprint density at radius 1 is 1.18 bits per heavy atom. The molecule has 0 aromatic heterocycles. The first-order valence-corrected chi connectivity index (χ1v) is 11.1. The highest BCUT2D eigenvalue weighted by molar-refractivity contribution is 5.99. The van der Waals surface area contributed by atoms with E-state index in [2.05, 4.69) is 17.6 Å². The zero-order valence-corrected chi connectivity index (χ0v) is 17.0. The van der Waals surface area contributed by atoms with E-state index in [4.69, 9.17) is 0 Å². The van der Waals surface area contributed by atoms with Crippen LogP contribution in [0, 0.1) is 17.8 Å². The summed E-state index contributed by atoms with van der Waals surface area (Å²) in [6.07, 6.45) is 8.66. The van der Waals surface area contributed by atoms with E-state index in [1.54, 1.807) is 0 Å². The van der Waals surface area contributed by atoms with Crippen molar-refractivity contribution in [2.24, 2.45) is 17.8 Å². The summed E-state index contributed by atoms with van der Waals surface area (Å²) >= 11 is 0. The van der Waals surface area contributed by atoms with Crippen LogP contribution >= 0.6 is 0 Å². The van der Waals surface area contributed by atoms with Crippen LogP contribution in [0.4, 0.5) is 11.4 Å². The number of anilines is 2. The number of nitrogens with zero attached hydrogens (tertiary/aromatic N) is 1. The summed E-state index contributed by atoms with van der Waals surface area (Å²) in [6.45, 7) is 4.70. The van der Waals surface area contributed by atoms with Gasteiger partial charge >= 0.3 is 0 Å². The number of amides is 2. The fourth-order valence-electron chi connectivity index (χ4n) is 4.94. The topological polar surface area (TPSA) is 61.4 Å². The van der Waals surface area contributed by atoms with Gasteiger partial charge in [-0.05, 0) is 68.3 Å². The predicted molar refractivity (Wildman–Crippen MR) is 112 cm³/mol. The minimum atomic E-state index is 0.0387. The van der Waals surface area contributed by atoms with Gasteiger partial charge in [0.15, 0.2) is 0 Å². The van der Waals surface area contributed by atoms with E-state index < -0.39 is 0 Å². The molecule has 2 N–H and O–H groups in total. The molecule has 1 saturated heterocycles. The van der Waals surface area contributed by atoms with E-state index >= 15 is 0 Å². The van der Waals surface area contributed by atoms with Crippen LogP contribution in [0.3, 0.4) is 0 Å². The number of nitrogens with one attached hydrogen (secondary N) is 2. The van der Waals surface area contributed by atoms with Crippen molar-refractivity contribution < 1.29 is 9.59 Å². The van der Waals surface area contributed by atoms with E-state index in [1.807, 2.05) is 23.1 Å². The van der Waals surface area contributed by atoms with Gasteiger partial charge in [-0.3, -0.25) is 9.59 Å². The van der Waals surface area contributed by atoms with Crippen LogP contribution in [-0.2, 0) is 16.0 Å². The lowest BCUT2D eigenvalue weighted by molar-refractivity contribution is -0.124. The molecule has 5 heteroatoms. The molecule has 0 spiro atoms. The van der Waals surface area contributed by atoms with Crippen LogP contribution in [0.2, 0.25) is 0 Å². The molecule has 1 aromatic rings. The molecule has 152 valence electrons. The average molecular weight is 384 g/mol. The molecule has 3 aliphatic rings. The predicted octanol–water partition coefficient (Wildman–Crippen LogP) is 3.73. The zero-order chi connectivity index (χ0) is 19.5. The molecule has 2 heterocycles. The number of benzene rings is 1. The van der Waals surface area contributed by atoms with E-state index in [-0.39, 0.29) is 17.7 Å². The van der Waals surface area contributed by atoms with Crippen molar-refractivity contribution in [1.29, 1.82) is 0 Å². The Hall–Kier alpha value is -1.88. The van der Waals surface area contributed by atoms with Crippen LogP contribution in [0.1, 0.15) is 57.4 Å². The highest BCUT2D eigenvalue weighted by Crippen LogP contribution is 2.35. The van der Waals surface area contributed by atoms with E-state index in [9.17, 15) is 9.59 Å². The molecule has 2 fully saturated rings. The molecule has 0 radical (unpaired) electrons. The maximum absolute atomic E-state index is 13.1. The van der Waals surface area contributed by atoms with Gasteiger partial charge in [0.2, 0.25) is 11.8 Å². The summed E-state index contributed by atoms with van der Waals surface area (Å²) in [5.41, 5.74) is 3.01. The minimum absolute atomic E-state index is 0.0387. The second-order valence-electron chi connectivity index (χ2n) is 8.86. The third kappa shape index (κ3) is 4.09. The number of rotatable bonds is 5. The van der Waals surface area contributed by atoms with Crippen molar-refractivity contribution in [2.45, 2.75) is 58.3 Å². The molecule has 1 saturated carbocycles. The molecular weight excluding hydrogens is 350 g/mol. The number of hydrogen-bond donors (Lipinski definition) is 2. The summed E-state index contributed by atoms with van der Waals surface area (Å²) < 4.78 is 0. The molecule has 4 rings (SSSR count). The van der Waals surface area contributed by atoms with Gasteiger partial charge in [-0.1, -0.05) is 32.3 Å². The van der Waals surface area contributed by atoms with Crippen molar-refractivity contribution in [3.8, 4) is 0 Å². The van der Waals surface area contributed by atoms with Gasteiger partial charge in [0.05, 0.1) is 0 Å². The van der Waals surface area contributed by atoms with Gasteiger partial charge < -0.3 is 15.5 Å². The molecular formula is C23H33N3O2.